The molecule has 0 heterocycles. The first-order chi connectivity index (χ1) is 15.8. The Labute approximate surface area is 184 Å². The van der Waals surface area contributed by atoms with Crippen molar-refractivity contribution in [1.82, 2.24) is 0 Å². The van der Waals surface area contributed by atoms with Gasteiger partial charge in [-0.1, -0.05) is 0 Å². The molecule has 0 bridgehead atoms. The highest BCUT2D eigenvalue weighted by atomic mass is 19.4. The summed E-state index contributed by atoms with van der Waals surface area (Å²) in [5.41, 5.74) is -10.7. The van der Waals surface area contributed by atoms with Gasteiger partial charge in [-0.25, -0.2) is 8.78 Å². The first-order valence-corrected chi connectivity index (χ1v) is 8.36. The lowest BCUT2D eigenvalue weighted by Crippen LogP contribution is -2.27. The van der Waals surface area contributed by atoms with Crippen LogP contribution < -0.4 is 10.4 Å². The highest BCUT2D eigenvalue weighted by molar-refractivity contribution is 5.79. The number of alkyl halides is 6. The summed E-state index contributed by atoms with van der Waals surface area (Å²) in [7, 11) is 0. The number of benzene rings is 2. The van der Waals surface area contributed by atoms with Crippen molar-refractivity contribution in [2.45, 2.75) is 12.4 Å². The molecule has 0 fully saturated rings. The van der Waals surface area contributed by atoms with Crippen LogP contribution in [0.2, 0.25) is 0 Å². The summed E-state index contributed by atoms with van der Waals surface area (Å²) in [4.78, 5) is 0. The van der Waals surface area contributed by atoms with Gasteiger partial charge >= 0.3 is 12.4 Å². The van der Waals surface area contributed by atoms with Crippen LogP contribution in [0, 0.1) is 68.3 Å². The molecule has 0 spiro atoms. The SMILES string of the molecule is N#CC(C#N)=c1cc(F)/c(=C(/C#N)c2cc(C(F)(F)F)c(C#N)c(C(F)(F)F)c2)c(F)c1C#N. The molecular weight excluding hydrogens is 474 g/mol. The Balaban J connectivity index is 3.27. The second kappa shape index (κ2) is 8.90. The Kier molecular flexibility index (Phi) is 6.63. The molecule has 0 saturated carbocycles. The molecule has 0 aliphatic carbocycles. The van der Waals surface area contributed by atoms with Gasteiger partial charge in [-0.05, 0) is 23.8 Å². The molecule has 2 aromatic rings. The number of rotatable bonds is 1. The number of hydrogen-bond donors (Lipinski definition) is 0. The number of halogens is 8. The van der Waals surface area contributed by atoms with Crippen molar-refractivity contribution in [3.63, 3.8) is 0 Å². The number of hydrogen-bond acceptors (Lipinski definition) is 5. The fourth-order valence-corrected chi connectivity index (χ4v) is 2.92. The summed E-state index contributed by atoms with van der Waals surface area (Å²) in [5, 5.41) is 42.9. The van der Waals surface area contributed by atoms with E-state index in [1.54, 1.807) is 0 Å². The van der Waals surface area contributed by atoms with Crippen LogP contribution >= 0.6 is 0 Å². The van der Waals surface area contributed by atoms with E-state index in [1.807, 2.05) is 0 Å². The van der Waals surface area contributed by atoms with E-state index in [4.69, 9.17) is 15.8 Å². The number of nitriles is 5. The summed E-state index contributed by atoms with van der Waals surface area (Å²) in [5.74, 6) is -3.65. The second-order valence-corrected chi connectivity index (χ2v) is 6.22. The van der Waals surface area contributed by atoms with E-state index in [0.717, 1.165) is 12.1 Å². The summed E-state index contributed by atoms with van der Waals surface area (Å²) >= 11 is 0. The van der Waals surface area contributed by atoms with Gasteiger partial charge in [0.25, 0.3) is 0 Å². The smallest absolute Gasteiger partial charge is 0.206 e. The molecule has 34 heavy (non-hydrogen) atoms. The van der Waals surface area contributed by atoms with Gasteiger partial charge in [0.15, 0.2) is 5.82 Å². The highest BCUT2D eigenvalue weighted by Crippen LogP contribution is 2.40. The van der Waals surface area contributed by atoms with Crippen LogP contribution in [0.25, 0.3) is 11.1 Å². The maximum atomic E-state index is 15.0. The summed E-state index contributed by atoms with van der Waals surface area (Å²) in [6, 6.07) is 5.80. The molecule has 0 unspecified atom stereocenters. The van der Waals surface area contributed by atoms with E-state index in [2.05, 4.69) is 0 Å². The first-order valence-electron chi connectivity index (χ1n) is 8.36. The van der Waals surface area contributed by atoms with Crippen molar-refractivity contribution >= 4 is 11.1 Å². The highest BCUT2D eigenvalue weighted by Gasteiger charge is 2.42. The van der Waals surface area contributed by atoms with E-state index in [0.29, 0.717) is 0 Å². The van der Waals surface area contributed by atoms with Crippen LogP contribution in [0.1, 0.15) is 27.8 Å². The summed E-state index contributed by atoms with van der Waals surface area (Å²) in [6.07, 6.45) is -11.0. The molecule has 2 aromatic carbocycles. The lowest BCUT2D eigenvalue weighted by molar-refractivity contribution is -0.143. The molecule has 2 rings (SSSR count). The van der Waals surface area contributed by atoms with Gasteiger partial charge in [0, 0.05) is 5.22 Å². The Morgan fingerprint density at radius 1 is 0.676 bits per heavy atom. The van der Waals surface area contributed by atoms with Gasteiger partial charge in [-0.15, -0.1) is 0 Å². The minimum Gasteiger partial charge on any atom is -0.206 e. The molecule has 13 heteroatoms. The molecule has 0 aromatic heterocycles. The van der Waals surface area contributed by atoms with E-state index in [-0.39, 0.29) is 18.2 Å². The van der Waals surface area contributed by atoms with Crippen molar-refractivity contribution in [2.24, 2.45) is 0 Å². The van der Waals surface area contributed by atoms with Crippen molar-refractivity contribution in [1.29, 1.82) is 26.3 Å². The fourth-order valence-electron chi connectivity index (χ4n) is 2.92. The zero-order valence-electron chi connectivity index (χ0n) is 16.0. The van der Waals surface area contributed by atoms with Crippen LogP contribution in [-0.4, -0.2) is 0 Å². The maximum Gasteiger partial charge on any atom is 0.417 e. The van der Waals surface area contributed by atoms with Gasteiger partial charge in [-0.3, -0.25) is 0 Å². The Hall–Kier alpha value is -4.93. The van der Waals surface area contributed by atoms with Crippen molar-refractivity contribution in [3.8, 4) is 30.3 Å². The average Bonchev–Trinajstić information content (AvgIpc) is 2.75. The van der Waals surface area contributed by atoms with Crippen LogP contribution in [0.15, 0.2) is 18.2 Å². The van der Waals surface area contributed by atoms with E-state index in [9.17, 15) is 41.3 Å². The van der Waals surface area contributed by atoms with E-state index in [1.165, 1.54) is 18.2 Å². The zero-order chi connectivity index (χ0) is 26.0. The predicted molar refractivity (Wildman–Crippen MR) is 94.2 cm³/mol. The number of nitrogens with zero attached hydrogens (tertiary/aromatic N) is 5. The third-order valence-corrected chi connectivity index (χ3v) is 4.33. The minimum atomic E-state index is -5.52. The molecule has 0 aliphatic rings. The average molecular weight is 477 g/mol. The molecule has 168 valence electrons. The van der Waals surface area contributed by atoms with Crippen molar-refractivity contribution in [3.05, 3.63) is 68.1 Å². The molecule has 0 N–H and O–H groups in total. The van der Waals surface area contributed by atoms with Crippen LogP contribution in [-0.2, 0) is 12.4 Å². The van der Waals surface area contributed by atoms with Crippen molar-refractivity contribution in [2.75, 3.05) is 0 Å². The van der Waals surface area contributed by atoms with Gasteiger partial charge in [0.2, 0.25) is 0 Å². The van der Waals surface area contributed by atoms with E-state index < -0.39 is 73.4 Å². The zero-order valence-corrected chi connectivity index (χ0v) is 16.0. The van der Waals surface area contributed by atoms with Gasteiger partial charge in [-0.2, -0.15) is 52.7 Å². The quantitative estimate of drug-likeness (QED) is 0.581. The summed E-state index contributed by atoms with van der Waals surface area (Å²) in [6.45, 7) is 0. The Morgan fingerprint density at radius 3 is 1.50 bits per heavy atom. The van der Waals surface area contributed by atoms with Crippen LogP contribution in [0.5, 0.6) is 0 Å². The largest absolute Gasteiger partial charge is 0.417 e. The molecule has 0 amide bonds. The lowest BCUT2D eigenvalue weighted by atomic mass is 9.92. The standard InChI is InChI=1S/C21H3F8N5/c22-17-3-11(10(4-30)5-31)13(7-33)19(23)18(17)12(6-32)9-1-15(20(24,25)26)14(8-34)16(2-9)21(27,28)29/h1-3H/b18-12+. The van der Waals surface area contributed by atoms with Gasteiger partial charge < -0.3 is 0 Å². The van der Waals surface area contributed by atoms with E-state index >= 15 is 4.39 Å². The monoisotopic (exact) mass is 477 g/mol. The van der Waals surface area contributed by atoms with Crippen LogP contribution in [0.4, 0.5) is 35.1 Å². The molecule has 0 radical (unpaired) electrons. The fraction of sp³-hybridized carbons (Fsp3) is 0.0952. The molecule has 0 saturated heterocycles. The molecule has 0 atom stereocenters. The summed E-state index contributed by atoms with van der Waals surface area (Å²) < 4.78 is 110. The topological polar surface area (TPSA) is 119 Å². The third kappa shape index (κ3) is 4.35. The molecule has 5 nitrogen and oxygen atoms in total. The minimum absolute atomic E-state index is 0.0622. The maximum absolute atomic E-state index is 15.0. The van der Waals surface area contributed by atoms with Gasteiger partial charge in [0.1, 0.15) is 41.7 Å². The van der Waals surface area contributed by atoms with Crippen molar-refractivity contribution < 1.29 is 35.1 Å². The first kappa shape index (κ1) is 25.3. The van der Waals surface area contributed by atoms with Crippen LogP contribution in [0.3, 0.4) is 0 Å². The van der Waals surface area contributed by atoms with Gasteiger partial charge in [0.05, 0.1) is 33.0 Å². The normalized spacial score (nSPS) is 11.9. The second-order valence-electron chi connectivity index (χ2n) is 6.22. The molecule has 0 aliphatic heterocycles. The Morgan fingerprint density at radius 2 is 1.15 bits per heavy atom. The molecular formula is C21H3F8N5. The Bertz CT molecular complexity index is 1500. The predicted octanol–water partition coefficient (Wildman–Crippen LogP) is 3.67. The third-order valence-electron chi connectivity index (χ3n) is 4.33. The lowest BCUT2D eigenvalue weighted by Gasteiger charge is -2.16.